The predicted octanol–water partition coefficient (Wildman–Crippen LogP) is 3.55. The van der Waals surface area contributed by atoms with Gasteiger partial charge in [0.2, 0.25) is 15.9 Å². The Morgan fingerprint density at radius 3 is 2.45 bits per heavy atom. The van der Waals surface area contributed by atoms with Gasteiger partial charge in [0.1, 0.15) is 5.82 Å². The molecule has 0 saturated carbocycles. The van der Waals surface area contributed by atoms with Crippen LogP contribution in [0.2, 0.25) is 0 Å². The first-order valence-electron chi connectivity index (χ1n) is 9.84. The number of aryl methyl sites for hydroxylation is 1. The second-order valence-electron chi connectivity index (χ2n) is 7.70. The Morgan fingerprint density at radius 2 is 1.83 bits per heavy atom. The number of hydrogen-bond acceptors (Lipinski definition) is 3. The second-order valence-corrected chi connectivity index (χ2v) is 9.67. The van der Waals surface area contributed by atoms with E-state index in [1.807, 2.05) is 38.1 Å². The van der Waals surface area contributed by atoms with Gasteiger partial charge in [0.15, 0.2) is 0 Å². The fourth-order valence-corrected chi connectivity index (χ4v) is 5.22. The molecule has 0 bridgehead atoms. The third-order valence-electron chi connectivity index (χ3n) is 5.38. The van der Waals surface area contributed by atoms with Crippen molar-refractivity contribution in [3.8, 4) is 0 Å². The van der Waals surface area contributed by atoms with Crippen LogP contribution in [0.25, 0.3) is 0 Å². The van der Waals surface area contributed by atoms with Crippen LogP contribution in [-0.4, -0.2) is 31.7 Å². The highest BCUT2D eigenvalue weighted by molar-refractivity contribution is 7.88. The molecule has 1 atom stereocenters. The van der Waals surface area contributed by atoms with Crippen molar-refractivity contribution in [1.82, 2.24) is 9.62 Å². The molecule has 1 saturated heterocycles. The highest BCUT2D eigenvalue weighted by atomic mass is 32.2. The lowest BCUT2D eigenvalue weighted by molar-refractivity contribution is -0.126. The third-order valence-corrected chi connectivity index (χ3v) is 7.23. The zero-order valence-electron chi connectivity index (χ0n) is 16.8. The summed E-state index contributed by atoms with van der Waals surface area (Å²) in [4.78, 5) is 12.6. The van der Waals surface area contributed by atoms with Gasteiger partial charge in [-0.1, -0.05) is 42.0 Å². The van der Waals surface area contributed by atoms with E-state index in [-0.39, 0.29) is 29.4 Å². The summed E-state index contributed by atoms with van der Waals surface area (Å²) in [6.07, 6.45) is 0.990. The van der Waals surface area contributed by atoms with Crippen LogP contribution < -0.4 is 5.32 Å². The summed E-state index contributed by atoms with van der Waals surface area (Å²) >= 11 is 0. The van der Waals surface area contributed by atoms with Crippen molar-refractivity contribution in [2.24, 2.45) is 5.92 Å². The lowest BCUT2D eigenvalue weighted by Gasteiger charge is -2.31. The average molecular weight is 419 g/mol. The van der Waals surface area contributed by atoms with Gasteiger partial charge in [0, 0.05) is 19.0 Å². The first-order valence-corrected chi connectivity index (χ1v) is 11.4. The minimum absolute atomic E-state index is 0.0207. The maximum Gasteiger partial charge on any atom is 0.223 e. The molecule has 5 nitrogen and oxygen atoms in total. The summed E-state index contributed by atoms with van der Waals surface area (Å²) in [7, 11) is -3.41. The van der Waals surface area contributed by atoms with Crippen molar-refractivity contribution in [2.75, 3.05) is 13.1 Å². The van der Waals surface area contributed by atoms with Gasteiger partial charge in [-0.2, -0.15) is 0 Å². The molecule has 1 amide bonds. The number of nitrogens with zero attached hydrogens (tertiary/aromatic N) is 1. The van der Waals surface area contributed by atoms with Gasteiger partial charge < -0.3 is 5.32 Å². The Bertz CT molecular complexity index is 952. The van der Waals surface area contributed by atoms with Crippen molar-refractivity contribution in [1.29, 1.82) is 0 Å². The Balaban J connectivity index is 1.54. The summed E-state index contributed by atoms with van der Waals surface area (Å²) in [6.45, 7) is 4.48. The van der Waals surface area contributed by atoms with Gasteiger partial charge in [-0.25, -0.2) is 17.1 Å². The van der Waals surface area contributed by atoms with Crippen molar-refractivity contribution < 1.29 is 17.6 Å². The van der Waals surface area contributed by atoms with E-state index in [0.717, 1.165) is 16.7 Å². The smallest absolute Gasteiger partial charge is 0.223 e. The molecule has 0 aromatic heterocycles. The lowest BCUT2D eigenvalue weighted by atomic mass is 9.96. The fraction of sp³-hybridized carbons (Fsp3) is 0.409. The topological polar surface area (TPSA) is 66.5 Å². The fourth-order valence-electron chi connectivity index (χ4n) is 3.67. The molecule has 1 unspecified atom stereocenters. The standard InChI is InChI=1S/C22H27FN2O3S/c1-16-4-3-5-18(14-16)15-29(27,28)25-12-10-20(11-13-25)22(26)24-17(2)19-6-8-21(23)9-7-19/h3-9,14,17,20H,10-13,15H2,1-2H3,(H,24,26). The molecule has 7 heteroatoms. The molecule has 0 radical (unpaired) electrons. The average Bonchev–Trinajstić information content (AvgIpc) is 2.68. The van der Waals surface area contributed by atoms with Gasteiger partial charge in [-0.05, 0) is 49.9 Å². The molecule has 0 aliphatic carbocycles. The molecule has 156 valence electrons. The summed E-state index contributed by atoms with van der Waals surface area (Å²) in [5, 5.41) is 2.96. The van der Waals surface area contributed by atoms with Crippen LogP contribution in [0.1, 0.15) is 42.5 Å². The number of benzene rings is 2. The monoisotopic (exact) mass is 418 g/mol. The van der Waals surface area contributed by atoms with Crippen molar-refractivity contribution in [3.05, 3.63) is 71.0 Å². The largest absolute Gasteiger partial charge is 0.349 e. The van der Waals surface area contributed by atoms with Gasteiger partial charge in [0.05, 0.1) is 11.8 Å². The van der Waals surface area contributed by atoms with Crippen molar-refractivity contribution in [2.45, 2.75) is 38.5 Å². The number of halogens is 1. The van der Waals surface area contributed by atoms with Crippen molar-refractivity contribution >= 4 is 15.9 Å². The second kappa shape index (κ2) is 9.05. The van der Waals surface area contributed by atoms with Gasteiger partial charge in [-0.15, -0.1) is 0 Å². The molecule has 1 N–H and O–H groups in total. The number of carbonyl (C=O) groups is 1. The number of nitrogens with one attached hydrogen (secondary N) is 1. The van der Waals surface area contributed by atoms with Crippen LogP contribution in [-0.2, 0) is 20.6 Å². The Hall–Kier alpha value is -2.25. The van der Waals surface area contributed by atoms with E-state index in [2.05, 4.69) is 5.32 Å². The summed E-state index contributed by atoms with van der Waals surface area (Å²) in [5.41, 5.74) is 2.64. The van der Waals surface area contributed by atoms with Crippen LogP contribution in [0.15, 0.2) is 48.5 Å². The normalized spacial score (nSPS) is 17.1. The molecule has 3 rings (SSSR count). The van der Waals surface area contributed by atoms with E-state index in [9.17, 15) is 17.6 Å². The number of rotatable bonds is 6. The molecule has 1 fully saturated rings. The molecule has 1 aliphatic rings. The van der Waals surface area contributed by atoms with E-state index in [1.54, 1.807) is 12.1 Å². The summed E-state index contributed by atoms with van der Waals surface area (Å²) in [5.74, 6) is -0.639. The minimum Gasteiger partial charge on any atom is -0.349 e. The molecule has 0 spiro atoms. The SMILES string of the molecule is Cc1cccc(CS(=O)(=O)N2CCC(C(=O)NC(C)c3ccc(F)cc3)CC2)c1. The van der Waals surface area contributed by atoms with Crippen molar-refractivity contribution in [3.63, 3.8) is 0 Å². The molecular weight excluding hydrogens is 391 g/mol. The van der Waals surface area contributed by atoms with Crippen LogP contribution in [0.4, 0.5) is 4.39 Å². The van der Waals surface area contributed by atoms with E-state index in [4.69, 9.17) is 0 Å². The molecule has 2 aromatic carbocycles. The minimum atomic E-state index is -3.41. The zero-order chi connectivity index (χ0) is 21.0. The van der Waals surface area contributed by atoms with E-state index in [0.29, 0.717) is 25.9 Å². The first kappa shape index (κ1) is 21.5. The number of hydrogen-bond donors (Lipinski definition) is 1. The lowest BCUT2D eigenvalue weighted by Crippen LogP contribution is -2.43. The molecular formula is C22H27FN2O3S. The van der Waals surface area contributed by atoms with E-state index < -0.39 is 10.0 Å². The zero-order valence-corrected chi connectivity index (χ0v) is 17.6. The van der Waals surface area contributed by atoms with Gasteiger partial charge in [0.25, 0.3) is 0 Å². The van der Waals surface area contributed by atoms with Crippen LogP contribution in [0.3, 0.4) is 0 Å². The molecule has 1 aliphatic heterocycles. The van der Waals surface area contributed by atoms with Gasteiger partial charge in [-0.3, -0.25) is 4.79 Å². The van der Waals surface area contributed by atoms with Crippen LogP contribution in [0.5, 0.6) is 0 Å². The molecule has 1 heterocycles. The van der Waals surface area contributed by atoms with E-state index >= 15 is 0 Å². The number of sulfonamides is 1. The Morgan fingerprint density at radius 1 is 1.17 bits per heavy atom. The number of piperidine rings is 1. The Kier molecular flexibility index (Phi) is 6.70. The molecule has 2 aromatic rings. The Labute approximate surface area is 172 Å². The van der Waals surface area contributed by atoms with E-state index in [1.165, 1.54) is 16.4 Å². The highest BCUT2D eigenvalue weighted by Crippen LogP contribution is 2.23. The predicted molar refractivity (Wildman–Crippen MR) is 111 cm³/mol. The summed E-state index contributed by atoms with van der Waals surface area (Å²) < 4.78 is 40.0. The highest BCUT2D eigenvalue weighted by Gasteiger charge is 2.31. The number of carbonyl (C=O) groups excluding carboxylic acids is 1. The van der Waals surface area contributed by atoms with Gasteiger partial charge >= 0.3 is 0 Å². The molecule has 29 heavy (non-hydrogen) atoms. The first-order chi connectivity index (χ1) is 13.7. The quantitative estimate of drug-likeness (QED) is 0.780. The maximum atomic E-state index is 13.1. The van der Waals surface area contributed by atoms with Crippen LogP contribution >= 0.6 is 0 Å². The maximum absolute atomic E-state index is 13.1. The summed E-state index contributed by atoms with van der Waals surface area (Å²) in [6, 6.07) is 13.3. The van der Waals surface area contributed by atoms with Crippen LogP contribution in [0, 0.1) is 18.7 Å². The number of amides is 1. The third kappa shape index (κ3) is 5.64.